The van der Waals surface area contributed by atoms with Crippen molar-refractivity contribution in [2.45, 2.75) is 32.7 Å². The Hall–Kier alpha value is -0.980. The molecule has 1 aliphatic rings. The molecular formula is C13H21N3O2S. The minimum Gasteiger partial charge on any atom is -0.477 e. The van der Waals surface area contributed by atoms with Gasteiger partial charge in [0.1, 0.15) is 9.88 Å². The minimum absolute atomic E-state index is 0.267. The molecule has 0 spiro atoms. The fourth-order valence-electron chi connectivity index (χ4n) is 2.49. The van der Waals surface area contributed by atoms with E-state index >= 15 is 0 Å². The van der Waals surface area contributed by atoms with Crippen LogP contribution >= 0.6 is 11.3 Å². The fourth-order valence-corrected chi connectivity index (χ4v) is 3.56. The zero-order valence-corrected chi connectivity index (χ0v) is 12.3. The van der Waals surface area contributed by atoms with Gasteiger partial charge in [0.05, 0.1) is 11.7 Å². The molecular weight excluding hydrogens is 262 g/mol. The smallest absolute Gasteiger partial charge is 0.347 e. The summed E-state index contributed by atoms with van der Waals surface area (Å²) in [6.07, 6.45) is 2.11. The third-order valence-corrected chi connectivity index (χ3v) is 4.69. The van der Waals surface area contributed by atoms with E-state index in [0.29, 0.717) is 10.6 Å². The second-order valence-electron chi connectivity index (χ2n) is 4.86. The molecule has 1 fully saturated rings. The van der Waals surface area contributed by atoms with Crippen LogP contribution in [0.15, 0.2) is 0 Å². The topological polar surface area (TPSA) is 65.5 Å². The van der Waals surface area contributed by atoms with Crippen molar-refractivity contribution in [3.63, 3.8) is 0 Å². The molecule has 1 saturated heterocycles. The van der Waals surface area contributed by atoms with Crippen molar-refractivity contribution >= 4 is 17.3 Å². The van der Waals surface area contributed by atoms with E-state index in [1.807, 2.05) is 0 Å². The van der Waals surface area contributed by atoms with E-state index in [4.69, 9.17) is 5.11 Å². The second-order valence-corrected chi connectivity index (χ2v) is 5.89. The van der Waals surface area contributed by atoms with Gasteiger partial charge < -0.3 is 10.4 Å². The van der Waals surface area contributed by atoms with Crippen LogP contribution in [-0.2, 0) is 0 Å². The van der Waals surface area contributed by atoms with Gasteiger partial charge in [0.15, 0.2) is 0 Å². The lowest BCUT2D eigenvalue weighted by Gasteiger charge is -2.33. The molecule has 106 valence electrons. The van der Waals surface area contributed by atoms with E-state index in [9.17, 15) is 4.79 Å². The highest BCUT2D eigenvalue weighted by atomic mass is 32.1. The third-order valence-electron chi connectivity index (χ3n) is 3.45. The van der Waals surface area contributed by atoms with Gasteiger partial charge >= 0.3 is 5.97 Å². The first-order valence-electron chi connectivity index (χ1n) is 6.78. The fraction of sp³-hybridized carbons (Fsp3) is 0.692. The minimum atomic E-state index is -0.864. The van der Waals surface area contributed by atoms with Crippen molar-refractivity contribution in [2.24, 2.45) is 0 Å². The maximum absolute atomic E-state index is 11.1. The summed E-state index contributed by atoms with van der Waals surface area (Å²) < 4.78 is 0. The average Bonchev–Trinajstić information content (AvgIpc) is 2.79. The predicted molar refractivity (Wildman–Crippen MR) is 75.9 cm³/mol. The molecule has 0 aromatic carbocycles. The molecule has 2 N–H and O–H groups in total. The van der Waals surface area contributed by atoms with Crippen LogP contribution in [0, 0.1) is 6.92 Å². The summed E-state index contributed by atoms with van der Waals surface area (Å²) in [5, 5.41) is 13.5. The summed E-state index contributed by atoms with van der Waals surface area (Å²) in [6, 6.07) is 0.267. The summed E-state index contributed by atoms with van der Waals surface area (Å²) in [6.45, 7) is 7.95. The van der Waals surface area contributed by atoms with Crippen LogP contribution < -0.4 is 5.32 Å². The van der Waals surface area contributed by atoms with Gasteiger partial charge in [-0.2, -0.15) is 0 Å². The van der Waals surface area contributed by atoms with Gasteiger partial charge in [-0.3, -0.25) is 4.90 Å². The normalized spacial score (nSPS) is 18.4. The standard InChI is InChI=1S/C13H21N3O2S/c1-3-4-10(16-7-5-14-6-8-16)12-15-9(2)11(19-12)13(17)18/h10,14H,3-8H2,1-2H3,(H,17,18). The number of hydrogen-bond acceptors (Lipinski definition) is 5. The molecule has 1 atom stereocenters. The van der Waals surface area contributed by atoms with E-state index in [1.165, 1.54) is 11.3 Å². The Morgan fingerprint density at radius 3 is 2.74 bits per heavy atom. The Labute approximate surface area is 117 Å². The number of aromatic carboxylic acids is 1. The first-order valence-corrected chi connectivity index (χ1v) is 7.60. The van der Waals surface area contributed by atoms with Crippen LogP contribution in [-0.4, -0.2) is 47.1 Å². The lowest BCUT2D eigenvalue weighted by molar-refractivity contribution is 0.0701. The van der Waals surface area contributed by atoms with Crippen LogP contribution in [0.5, 0.6) is 0 Å². The molecule has 0 aliphatic carbocycles. The van der Waals surface area contributed by atoms with Gasteiger partial charge in [0.2, 0.25) is 0 Å². The molecule has 2 rings (SSSR count). The number of rotatable bonds is 5. The van der Waals surface area contributed by atoms with Crippen LogP contribution in [0.4, 0.5) is 0 Å². The quantitative estimate of drug-likeness (QED) is 0.864. The maximum atomic E-state index is 11.1. The van der Waals surface area contributed by atoms with Gasteiger partial charge in [-0.1, -0.05) is 13.3 Å². The number of nitrogens with one attached hydrogen (secondary N) is 1. The molecule has 1 unspecified atom stereocenters. The van der Waals surface area contributed by atoms with E-state index < -0.39 is 5.97 Å². The van der Waals surface area contributed by atoms with Crippen LogP contribution in [0.3, 0.4) is 0 Å². The Morgan fingerprint density at radius 1 is 1.53 bits per heavy atom. The third kappa shape index (κ3) is 3.32. The molecule has 0 radical (unpaired) electrons. The summed E-state index contributed by atoms with van der Waals surface area (Å²) >= 11 is 1.34. The lowest BCUT2D eigenvalue weighted by Crippen LogP contribution is -2.45. The summed E-state index contributed by atoms with van der Waals surface area (Å²) in [4.78, 5) is 18.4. The summed E-state index contributed by atoms with van der Waals surface area (Å²) in [7, 11) is 0. The first-order chi connectivity index (χ1) is 9.13. The molecule has 5 nitrogen and oxygen atoms in total. The monoisotopic (exact) mass is 283 g/mol. The van der Waals surface area contributed by atoms with Gasteiger partial charge in [0, 0.05) is 26.2 Å². The molecule has 1 aromatic rings. The highest BCUT2D eigenvalue weighted by Crippen LogP contribution is 2.31. The number of nitrogens with zero attached hydrogens (tertiary/aromatic N) is 2. The Bertz CT molecular complexity index is 441. The molecule has 19 heavy (non-hydrogen) atoms. The summed E-state index contributed by atoms with van der Waals surface area (Å²) in [5.74, 6) is -0.864. The molecule has 0 saturated carbocycles. The maximum Gasteiger partial charge on any atom is 0.347 e. The van der Waals surface area contributed by atoms with Crippen molar-refractivity contribution in [1.82, 2.24) is 15.2 Å². The van der Waals surface area contributed by atoms with E-state index in [0.717, 1.165) is 44.0 Å². The van der Waals surface area contributed by atoms with Gasteiger partial charge in [-0.15, -0.1) is 11.3 Å². The highest BCUT2D eigenvalue weighted by molar-refractivity contribution is 7.13. The Balaban J connectivity index is 2.22. The van der Waals surface area contributed by atoms with Crippen LogP contribution in [0.1, 0.15) is 46.2 Å². The Kier molecular flexibility index (Phi) is 4.90. The lowest BCUT2D eigenvalue weighted by atomic mass is 10.1. The largest absolute Gasteiger partial charge is 0.477 e. The van der Waals surface area contributed by atoms with E-state index in [-0.39, 0.29) is 6.04 Å². The molecule has 0 bridgehead atoms. The SMILES string of the molecule is CCCC(c1nc(C)c(C(=O)O)s1)N1CCNCC1. The van der Waals surface area contributed by atoms with E-state index in [2.05, 4.69) is 22.1 Å². The van der Waals surface area contributed by atoms with Gasteiger partial charge in [-0.05, 0) is 13.3 Å². The number of aromatic nitrogens is 1. The van der Waals surface area contributed by atoms with Gasteiger partial charge in [0.25, 0.3) is 0 Å². The number of aryl methyl sites for hydroxylation is 1. The zero-order valence-electron chi connectivity index (χ0n) is 11.5. The average molecular weight is 283 g/mol. The molecule has 0 amide bonds. The van der Waals surface area contributed by atoms with Gasteiger partial charge in [-0.25, -0.2) is 9.78 Å². The number of carbonyl (C=O) groups is 1. The van der Waals surface area contributed by atoms with Crippen LogP contribution in [0.2, 0.25) is 0 Å². The Morgan fingerprint density at radius 2 is 2.21 bits per heavy atom. The second kappa shape index (κ2) is 6.45. The van der Waals surface area contributed by atoms with Crippen molar-refractivity contribution in [3.8, 4) is 0 Å². The highest BCUT2D eigenvalue weighted by Gasteiger charge is 2.26. The number of carboxylic acid groups (broad SMARTS) is 1. The van der Waals surface area contributed by atoms with E-state index in [1.54, 1.807) is 6.92 Å². The number of carboxylic acids is 1. The predicted octanol–water partition coefficient (Wildman–Crippen LogP) is 1.90. The molecule has 1 aliphatic heterocycles. The molecule has 1 aromatic heterocycles. The van der Waals surface area contributed by atoms with Crippen molar-refractivity contribution in [2.75, 3.05) is 26.2 Å². The number of thiazole rings is 1. The van der Waals surface area contributed by atoms with Crippen molar-refractivity contribution < 1.29 is 9.90 Å². The van der Waals surface area contributed by atoms with Crippen LogP contribution in [0.25, 0.3) is 0 Å². The number of hydrogen-bond donors (Lipinski definition) is 2. The summed E-state index contributed by atoms with van der Waals surface area (Å²) in [5.41, 5.74) is 0.642. The molecule has 2 heterocycles. The first kappa shape index (κ1) is 14.4. The van der Waals surface area contributed by atoms with Crippen molar-refractivity contribution in [1.29, 1.82) is 0 Å². The number of piperazine rings is 1. The molecule has 6 heteroatoms. The zero-order chi connectivity index (χ0) is 13.8. The van der Waals surface area contributed by atoms with Crippen molar-refractivity contribution in [3.05, 3.63) is 15.6 Å².